The van der Waals surface area contributed by atoms with Gasteiger partial charge in [-0.25, -0.2) is 10.4 Å². The Kier molecular flexibility index (Phi) is 5.91. The fourth-order valence-corrected chi connectivity index (χ4v) is 3.38. The molecule has 32 heavy (non-hydrogen) atoms. The molecule has 0 saturated heterocycles. The van der Waals surface area contributed by atoms with E-state index in [2.05, 4.69) is 52.5 Å². The highest BCUT2D eigenvalue weighted by molar-refractivity contribution is 5.90. The molecule has 0 aliphatic heterocycles. The quantitative estimate of drug-likeness (QED) is 0.350. The van der Waals surface area contributed by atoms with Gasteiger partial charge in [-0.1, -0.05) is 72.8 Å². The van der Waals surface area contributed by atoms with Gasteiger partial charge in [0.15, 0.2) is 0 Å². The molecule has 0 atom stereocenters. The van der Waals surface area contributed by atoms with Gasteiger partial charge < -0.3 is 0 Å². The lowest BCUT2D eigenvalue weighted by molar-refractivity contribution is 1.08. The number of H-pyrrole nitrogens is 1. The van der Waals surface area contributed by atoms with E-state index in [0.717, 1.165) is 16.7 Å². The van der Waals surface area contributed by atoms with E-state index < -0.39 is 5.56 Å². The van der Waals surface area contributed by atoms with Crippen LogP contribution in [0.4, 0.5) is 5.95 Å². The minimum atomic E-state index is -0.519. The predicted octanol–water partition coefficient (Wildman–Crippen LogP) is 5.04. The average molecular weight is 419 g/mol. The van der Waals surface area contributed by atoms with Crippen molar-refractivity contribution in [2.75, 3.05) is 5.43 Å². The van der Waals surface area contributed by atoms with Crippen LogP contribution in [0.25, 0.3) is 22.4 Å². The monoisotopic (exact) mass is 419 g/mol. The lowest BCUT2D eigenvalue weighted by Gasteiger charge is -2.09. The molecule has 0 amide bonds. The Hall–Kier alpha value is -4.50. The summed E-state index contributed by atoms with van der Waals surface area (Å²) in [6, 6.07) is 25.3. The third-order valence-corrected chi connectivity index (χ3v) is 5.23. The number of hydrazone groups is 1. The van der Waals surface area contributed by atoms with Crippen molar-refractivity contribution in [2.45, 2.75) is 13.8 Å². The number of aromatic amines is 1. The molecule has 1 heterocycles. The van der Waals surface area contributed by atoms with Gasteiger partial charge in [-0.3, -0.25) is 9.78 Å². The molecular formula is C26H21N5O. The molecule has 1 aromatic heterocycles. The van der Waals surface area contributed by atoms with E-state index in [-0.39, 0.29) is 11.5 Å². The zero-order valence-corrected chi connectivity index (χ0v) is 17.8. The summed E-state index contributed by atoms with van der Waals surface area (Å²) in [5.74, 6) is 0.160. The second-order valence-electron chi connectivity index (χ2n) is 7.37. The summed E-state index contributed by atoms with van der Waals surface area (Å²) < 4.78 is 0. The molecule has 156 valence electrons. The molecule has 0 saturated carbocycles. The molecule has 0 aliphatic carbocycles. The third kappa shape index (κ3) is 4.32. The first-order valence-electron chi connectivity index (χ1n) is 10.1. The van der Waals surface area contributed by atoms with Crippen LogP contribution in [0.5, 0.6) is 0 Å². The maximum absolute atomic E-state index is 12.4. The largest absolute Gasteiger partial charge is 0.290 e. The number of benzene rings is 3. The first-order valence-corrected chi connectivity index (χ1v) is 10.1. The van der Waals surface area contributed by atoms with Crippen LogP contribution < -0.4 is 11.0 Å². The molecule has 3 aromatic carbocycles. The maximum atomic E-state index is 12.4. The average Bonchev–Trinajstić information content (AvgIpc) is 2.81. The second-order valence-corrected chi connectivity index (χ2v) is 7.37. The lowest BCUT2D eigenvalue weighted by Crippen LogP contribution is -2.16. The molecule has 6 nitrogen and oxygen atoms in total. The van der Waals surface area contributed by atoms with Crippen molar-refractivity contribution in [1.29, 1.82) is 5.26 Å². The van der Waals surface area contributed by atoms with Gasteiger partial charge in [-0.05, 0) is 36.1 Å². The first-order chi connectivity index (χ1) is 15.6. The summed E-state index contributed by atoms with van der Waals surface area (Å²) in [6.45, 7) is 4.18. The van der Waals surface area contributed by atoms with Crippen LogP contribution in [-0.4, -0.2) is 16.2 Å². The SMILES string of the molecule is Cc1ccc(-c2ccccc2C=NNc2nc(-c3ccccc3)c(C#N)c(=O)[nH]2)cc1C. The predicted molar refractivity (Wildman–Crippen MR) is 128 cm³/mol. The van der Waals surface area contributed by atoms with E-state index in [0.29, 0.717) is 11.3 Å². The van der Waals surface area contributed by atoms with E-state index in [1.54, 1.807) is 18.3 Å². The highest BCUT2D eigenvalue weighted by Crippen LogP contribution is 2.25. The van der Waals surface area contributed by atoms with Gasteiger partial charge >= 0.3 is 0 Å². The van der Waals surface area contributed by atoms with Crippen LogP contribution in [0.15, 0.2) is 82.7 Å². The fraction of sp³-hybridized carbons (Fsp3) is 0.0769. The summed E-state index contributed by atoms with van der Waals surface area (Å²) in [4.78, 5) is 19.4. The number of hydrogen-bond donors (Lipinski definition) is 2. The van der Waals surface area contributed by atoms with E-state index in [9.17, 15) is 10.1 Å². The molecule has 2 N–H and O–H groups in total. The smallest absolute Gasteiger partial charge is 0.270 e. The van der Waals surface area contributed by atoms with Crippen LogP contribution in [0, 0.1) is 25.2 Å². The van der Waals surface area contributed by atoms with E-state index in [1.807, 2.05) is 48.5 Å². The van der Waals surface area contributed by atoms with Gasteiger partial charge in [0.25, 0.3) is 5.56 Å². The van der Waals surface area contributed by atoms with Crippen molar-refractivity contribution in [1.82, 2.24) is 9.97 Å². The van der Waals surface area contributed by atoms with E-state index >= 15 is 0 Å². The number of nitrogens with zero attached hydrogens (tertiary/aromatic N) is 3. The van der Waals surface area contributed by atoms with Gasteiger partial charge in [0, 0.05) is 11.1 Å². The Bertz CT molecular complexity index is 1400. The molecule has 0 aliphatic rings. The van der Waals surface area contributed by atoms with E-state index in [4.69, 9.17) is 0 Å². The highest BCUT2D eigenvalue weighted by atomic mass is 16.1. The number of nitrogens with one attached hydrogen (secondary N) is 2. The van der Waals surface area contributed by atoms with Crippen LogP contribution in [0.1, 0.15) is 22.3 Å². The van der Waals surface area contributed by atoms with Crippen LogP contribution in [0.2, 0.25) is 0 Å². The number of rotatable bonds is 5. The standard InChI is InChI=1S/C26H21N5O/c1-17-12-13-20(14-18(17)2)22-11-7-6-10-21(22)16-28-31-26-29-24(19-8-4-3-5-9-19)23(15-27)25(32)30-26/h3-14,16H,1-2H3,(H2,29,30,31,32). The molecule has 0 unspecified atom stereocenters. The van der Waals surface area contributed by atoms with Gasteiger partial charge in [0.2, 0.25) is 5.95 Å². The summed E-state index contributed by atoms with van der Waals surface area (Å²) in [6.07, 6.45) is 1.69. The summed E-state index contributed by atoms with van der Waals surface area (Å²) in [7, 11) is 0. The minimum absolute atomic E-state index is 0.0363. The number of hydrogen-bond acceptors (Lipinski definition) is 5. The molecule has 0 radical (unpaired) electrons. The normalized spacial score (nSPS) is 10.8. The van der Waals surface area contributed by atoms with Crippen molar-refractivity contribution >= 4 is 12.2 Å². The fourth-order valence-electron chi connectivity index (χ4n) is 3.38. The Balaban J connectivity index is 1.65. The summed E-state index contributed by atoms with van der Waals surface area (Å²) >= 11 is 0. The molecule has 6 heteroatoms. The van der Waals surface area contributed by atoms with Crippen molar-refractivity contribution in [3.05, 3.63) is 105 Å². The maximum Gasteiger partial charge on any atom is 0.270 e. The zero-order chi connectivity index (χ0) is 22.5. The molecule has 4 aromatic rings. The number of aryl methyl sites for hydroxylation is 2. The minimum Gasteiger partial charge on any atom is -0.290 e. The summed E-state index contributed by atoms with van der Waals surface area (Å²) in [5.41, 5.74) is 8.76. The Morgan fingerprint density at radius 3 is 2.47 bits per heavy atom. The number of nitriles is 1. The van der Waals surface area contributed by atoms with Crippen molar-refractivity contribution in [3.63, 3.8) is 0 Å². The molecule has 0 bridgehead atoms. The van der Waals surface area contributed by atoms with E-state index in [1.165, 1.54) is 11.1 Å². The molecule has 0 spiro atoms. The topological polar surface area (TPSA) is 93.9 Å². The van der Waals surface area contributed by atoms with Crippen LogP contribution in [0.3, 0.4) is 0 Å². The second kappa shape index (κ2) is 9.11. The number of anilines is 1. The number of aromatic nitrogens is 2. The van der Waals surface area contributed by atoms with Gasteiger partial charge in [0.1, 0.15) is 11.6 Å². The third-order valence-electron chi connectivity index (χ3n) is 5.23. The van der Waals surface area contributed by atoms with Crippen molar-refractivity contribution in [3.8, 4) is 28.5 Å². The summed E-state index contributed by atoms with van der Waals surface area (Å²) in [5, 5.41) is 13.7. The lowest BCUT2D eigenvalue weighted by atomic mass is 9.97. The van der Waals surface area contributed by atoms with Gasteiger partial charge in [-0.15, -0.1) is 0 Å². The molecule has 4 rings (SSSR count). The Morgan fingerprint density at radius 2 is 1.72 bits per heavy atom. The zero-order valence-electron chi connectivity index (χ0n) is 17.8. The Labute approximate surface area is 185 Å². The van der Waals surface area contributed by atoms with Crippen molar-refractivity contribution in [2.24, 2.45) is 5.10 Å². The Morgan fingerprint density at radius 1 is 0.969 bits per heavy atom. The van der Waals surface area contributed by atoms with Crippen LogP contribution in [-0.2, 0) is 0 Å². The molecule has 0 fully saturated rings. The van der Waals surface area contributed by atoms with Gasteiger partial charge in [-0.2, -0.15) is 10.4 Å². The molecular weight excluding hydrogens is 398 g/mol. The van der Waals surface area contributed by atoms with Gasteiger partial charge in [0.05, 0.1) is 11.9 Å². The van der Waals surface area contributed by atoms with Crippen molar-refractivity contribution < 1.29 is 0 Å². The van der Waals surface area contributed by atoms with Crippen LogP contribution >= 0.6 is 0 Å². The first kappa shape index (κ1) is 20.8. The highest BCUT2D eigenvalue weighted by Gasteiger charge is 2.13.